The van der Waals surface area contributed by atoms with Gasteiger partial charge in [0.05, 0.1) is 25.5 Å². The van der Waals surface area contributed by atoms with Gasteiger partial charge in [-0.2, -0.15) is 0 Å². The van der Waals surface area contributed by atoms with Gasteiger partial charge in [0.2, 0.25) is 0 Å². The Balaban J connectivity index is 1.27. The van der Waals surface area contributed by atoms with Crippen LogP contribution in [0.15, 0.2) is 48.8 Å². The molecule has 2 saturated heterocycles. The largest absolute Gasteiger partial charge is 0.497 e. The summed E-state index contributed by atoms with van der Waals surface area (Å²) < 4.78 is 17.3. The van der Waals surface area contributed by atoms with E-state index in [1.807, 2.05) is 41.3 Å². The topological polar surface area (TPSA) is 60.9 Å². The van der Waals surface area contributed by atoms with E-state index in [2.05, 4.69) is 4.98 Å². The number of hydrogen-bond donors (Lipinski definition) is 0. The van der Waals surface area contributed by atoms with Crippen LogP contribution in [0.1, 0.15) is 42.5 Å². The normalized spacial score (nSPS) is 20.7. The van der Waals surface area contributed by atoms with E-state index in [0.29, 0.717) is 18.1 Å². The highest BCUT2D eigenvalue weighted by molar-refractivity contribution is 5.94. The van der Waals surface area contributed by atoms with Crippen molar-refractivity contribution in [1.82, 2.24) is 9.88 Å². The summed E-state index contributed by atoms with van der Waals surface area (Å²) >= 11 is 0. The van der Waals surface area contributed by atoms with Gasteiger partial charge in [-0.25, -0.2) is 0 Å². The quantitative estimate of drug-likeness (QED) is 0.721. The first-order valence-corrected chi connectivity index (χ1v) is 10.8. The van der Waals surface area contributed by atoms with Crippen molar-refractivity contribution >= 4 is 5.91 Å². The van der Waals surface area contributed by atoms with Crippen LogP contribution in [0.3, 0.4) is 0 Å². The fourth-order valence-electron chi connectivity index (χ4n) is 4.53. The average Bonchev–Trinajstić information content (AvgIpc) is 2.80. The van der Waals surface area contributed by atoms with Gasteiger partial charge in [-0.15, -0.1) is 0 Å². The van der Waals surface area contributed by atoms with Gasteiger partial charge in [0, 0.05) is 31.5 Å². The molecule has 0 N–H and O–H groups in total. The van der Waals surface area contributed by atoms with Gasteiger partial charge in [-0.05, 0) is 74.4 Å². The Bertz CT molecular complexity index is 817. The molecule has 2 fully saturated rings. The Morgan fingerprint density at radius 1 is 1.20 bits per heavy atom. The van der Waals surface area contributed by atoms with Gasteiger partial charge in [0.1, 0.15) is 11.5 Å². The first kappa shape index (κ1) is 20.7. The smallest absolute Gasteiger partial charge is 0.253 e. The fourth-order valence-corrected chi connectivity index (χ4v) is 4.53. The molecule has 1 amide bonds. The van der Waals surface area contributed by atoms with E-state index in [4.69, 9.17) is 14.2 Å². The maximum absolute atomic E-state index is 12.8. The Hall–Kier alpha value is -2.60. The lowest BCUT2D eigenvalue weighted by atomic mass is 9.78. The minimum Gasteiger partial charge on any atom is -0.497 e. The summed E-state index contributed by atoms with van der Waals surface area (Å²) in [5.41, 5.74) is 0.621. The molecule has 30 heavy (non-hydrogen) atoms. The van der Waals surface area contributed by atoms with Crippen LogP contribution in [0.5, 0.6) is 11.5 Å². The zero-order chi connectivity index (χ0) is 20.8. The fraction of sp³-hybridized carbons (Fsp3) is 0.500. The number of aromatic nitrogens is 1. The second-order valence-electron chi connectivity index (χ2n) is 8.24. The molecule has 3 heterocycles. The SMILES string of the molecule is COc1ccc(C(=O)N2CCC3(CC2)CC(CCOc2cccnc2)CCO3)cc1. The summed E-state index contributed by atoms with van der Waals surface area (Å²) in [6.07, 6.45) is 8.45. The maximum atomic E-state index is 12.8. The maximum Gasteiger partial charge on any atom is 0.253 e. The molecular weight excluding hydrogens is 380 g/mol. The van der Waals surface area contributed by atoms with Crippen molar-refractivity contribution in [3.05, 3.63) is 54.4 Å². The molecule has 4 rings (SSSR count). The molecule has 2 aliphatic heterocycles. The first-order valence-electron chi connectivity index (χ1n) is 10.8. The van der Waals surface area contributed by atoms with E-state index in [-0.39, 0.29) is 11.5 Å². The monoisotopic (exact) mass is 410 g/mol. The second-order valence-corrected chi connectivity index (χ2v) is 8.24. The van der Waals surface area contributed by atoms with Gasteiger partial charge in [0.15, 0.2) is 0 Å². The highest BCUT2D eigenvalue weighted by Crippen LogP contribution is 2.39. The highest BCUT2D eigenvalue weighted by Gasteiger charge is 2.41. The minimum atomic E-state index is -0.0894. The number of likely N-dealkylation sites (tertiary alicyclic amines) is 1. The van der Waals surface area contributed by atoms with Crippen LogP contribution >= 0.6 is 0 Å². The standard InChI is InChI=1S/C24H30N2O4/c1-28-21-6-4-20(5-7-21)23(27)26-13-10-24(11-14-26)17-19(9-16-30-24)8-15-29-22-3-2-12-25-18-22/h2-7,12,18-19H,8-11,13-17H2,1H3. The van der Waals surface area contributed by atoms with Gasteiger partial charge in [0.25, 0.3) is 5.91 Å². The number of carbonyl (C=O) groups is 1. The van der Waals surface area contributed by atoms with Crippen LogP contribution in [-0.2, 0) is 4.74 Å². The van der Waals surface area contributed by atoms with Crippen LogP contribution in [0.2, 0.25) is 0 Å². The Labute approximate surface area is 178 Å². The van der Waals surface area contributed by atoms with Crippen LogP contribution in [0.4, 0.5) is 0 Å². The van der Waals surface area contributed by atoms with Crippen molar-refractivity contribution < 1.29 is 19.0 Å². The predicted molar refractivity (Wildman–Crippen MR) is 114 cm³/mol. The van der Waals surface area contributed by atoms with Crippen LogP contribution in [0, 0.1) is 5.92 Å². The molecule has 0 aliphatic carbocycles. The van der Waals surface area contributed by atoms with E-state index < -0.39 is 0 Å². The molecular formula is C24H30N2O4. The van der Waals surface area contributed by atoms with Gasteiger partial charge in [-0.3, -0.25) is 9.78 Å². The summed E-state index contributed by atoms with van der Waals surface area (Å²) in [6.45, 7) is 2.98. The number of amides is 1. The molecule has 2 aliphatic rings. The summed E-state index contributed by atoms with van der Waals surface area (Å²) in [5.74, 6) is 2.27. The van der Waals surface area contributed by atoms with Crippen molar-refractivity contribution in [2.45, 2.75) is 37.7 Å². The molecule has 1 aromatic heterocycles. The molecule has 0 bridgehead atoms. The molecule has 160 valence electrons. The van der Waals surface area contributed by atoms with Crippen molar-refractivity contribution in [2.75, 3.05) is 33.4 Å². The van der Waals surface area contributed by atoms with E-state index in [9.17, 15) is 4.79 Å². The first-order chi connectivity index (χ1) is 14.7. The van der Waals surface area contributed by atoms with E-state index >= 15 is 0 Å². The zero-order valence-electron chi connectivity index (χ0n) is 17.6. The molecule has 1 unspecified atom stereocenters. The lowest BCUT2D eigenvalue weighted by Gasteiger charge is -2.46. The number of pyridine rings is 1. The van der Waals surface area contributed by atoms with E-state index in [1.165, 1.54) is 0 Å². The zero-order valence-corrected chi connectivity index (χ0v) is 17.6. The van der Waals surface area contributed by atoms with Crippen molar-refractivity contribution in [3.63, 3.8) is 0 Å². The van der Waals surface area contributed by atoms with E-state index in [0.717, 1.165) is 63.3 Å². The molecule has 6 nitrogen and oxygen atoms in total. The van der Waals surface area contributed by atoms with E-state index in [1.54, 1.807) is 19.5 Å². The number of ether oxygens (including phenoxy) is 3. The van der Waals surface area contributed by atoms with Crippen LogP contribution < -0.4 is 9.47 Å². The second kappa shape index (κ2) is 9.47. The summed E-state index contributed by atoms with van der Waals surface area (Å²) in [5, 5.41) is 0. The number of nitrogens with zero attached hydrogens (tertiary/aromatic N) is 2. The van der Waals surface area contributed by atoms with Gasteiger partial charge >= 0.3 is 0 Å². The predicted octanol–water partition coefficient (Wildman–Crippen LogP) is 3.96. The number of hydrogen-bond acceptors (Lipinski definition) is 5. The van der Waals surface area contributed by atoms with Crippen molar-refractivity contribution in [2.24, 2.45) is 5.92 Å². The third-order valence-electron chi connectivity index (χ3n) is 6.32. The number of rotatable bonds is 6. The van der Waals surface area contributed by atoms with Crippen LogP contribution in [-0.4, -0.2) is 54.8 Å². The number of methoxy groups -OCH3 is 1. The molecule has 6 heteroatoms. The summed E-state index contributed by atoms with van der Waals surface area (Å²) in [7, 11) is 1.63. The average molecular weight is 411 g/mol. The van der Waals surface area contributed by atoms with Crippen molar-refractivity contribution in [3.8, 4) is 11.5 Å². The Morgan fingerprint density at radius 2 is 2.00 bits per heavy atom. The molecule has 2 aromatic rings. The number of piperidine rings is 1. The minimum absolute atomic E-state index is 0.0877. The summed E-state index contributed by atoms with van der Waals surface area (Å²) in [4.78, 5) is 18.9. The molecule has 1 aromatic carbocycles. The summed E-state index contributed by atoms with van der Waals surface area (Å²) in [6, 6.07) is 11.2. The van der Waals surface area contributed by atoms with Crippen LogP contribution in [0.25, 0.3) is 0 Å². The van der Waals surface area contributed by atoms with Gasteiger partial charge in [-0.1, -0.05) is 0 Å². The Kier molecular flexibility index (Phi) is 6.53. The third-order valence-corrected chi connectivity index (χ3v) is 6.32. The molecule has 0 radical (unpaired) electrons. The molecule has 1 spiro atoms. The molecule has 1 atom stereocenters. The van der Waals surface area contributed by atoms with Crippen molar-refractivity contribution in [1.29, 1.82) is 0 Å². The molecule has 0 saturated carbocycles. The third kappa shape index (κ3) is 4.93. The van der Waals surface area contributed by atoms with Gasteiger partial charge < -0.3 is 19.1 Å². The Morgan fingerprint density at radius 3 is 2.70 bits per heavy atom. The lowest BCUT2D eigenvalue weighted by Crippen LogP contribution is -2.50. The lowest BCUT2D eigenvalue weighted by molar-refractivity contribution is -0.125. The number of benzene rings is 1. The number of carbonyl (C=O) groups excluding carboxylic acids is 1. The highest BCUT2D eigenvalue weighted by atomic mass is 16.5.